The zero-order valence-corrected chi connectivity index (χ0v) is 19.8. The third-order valence-corrected chi connectivity index (χ3v) is 6.06. The van der Waals surface area contributed by atoms with E-state index in [2.05, 4.69) is 17.2 Å². The van der Waals surface area contributed by atoms with Gasteiger partial charge < -0.3 is 25.4 Å². The number of methoxy groups -OCH3 is 1. The molecular formula is C26H30N4O4. The van der Waals surface area contributed by atoms with Gasteiger partial charge in [-0.05, 0) is 37.0 Å². The van der Waals surface area contributed by atoms with Crippen molar-refractivity contribution in [1.82, 2.24) is 9.88 Å². The van der Waals surface area contributed by atoms with Crippen LogP contribution in [-0.2, 0) is 11.2 Å². The van der Waals surface area contributed by atoms with Gasteiger partial charge in [-0.25, -0.2) is 0 Å². The zero-order chi connectivity index (χ0) is 24.2. The SMILES string of the molecule is CCc1ccccc1Nc1c(C(N)=O)cnc2cc(OC)c(OCCN(C)C(=O)C3CC3)cc12. The number of fused-ring (bicyclic) bond motifs is 1. The number of nitrogens with two attached hydrogens (primary N) is 1. The molecule has 2 aromatic carbocycles. The summed E-state index contributed by atoms with van der Waals surface area (Å²) in [5.41, 5.74) is 9.15. The first-order chi connectivity index (χ1) is 16.4. The Morgan fingerprint density at radius 1 is 1.21 bits per heavy atom. The second-order valence-electron chi connectivity index (χ2n) is 8.45. The topological polar surface area (TPSA) is 107 Å². The first kappa shape index (κ1) is 23.4. The number of carbonyl (C=O) groups excluding carboxylic acids is 2. The lowest BCUT2D eigenvalue weighted by Gasteiger charge is -2.19. The number of aromatic nitrogens is 1. The summed E-state index contributed by atoms with van der Waals surface area (Å²) in [6.07, 6.45) is 4.23. The lowest BCUT2D eigenvalue weighted by molar-refractivity contribution is -0.131. The van der Waals surface area contributed by atoms with Crippen molar-refractivity contribution in [2.24, 2.45) is 11.7 Å². The number of anilines is 2. The number of pyridine rings is 1. The van der Waals surface area contributed by atoms with E-state index in [1.54, 1.807) is 31.2 Å². The molecule has 0 aliphatic heterocycles. The number of hydrogen-bond acceptors (Lipinski definition) is 6. The van der Waals surface area contributed by atoms with Gasteiger partial charge in [0.25, 0.3) is 5.91 Å². The summed E-state index contributed by atoms with van der Waals surface area (Å²) in [6, 6.07) is 11.5. The first-order valence-electron chi connectivity index (χ1n) is 11.5. The monoisotopic (exact) mass is 462 g/mol. The minimum absolute atomic E-state index is 0.158. The van der Waals surface area contributed by atoms with E-state index in [4.69, 9.17) is 15.2 Å². The fraction of sp³-hybridized carbons (Fsp3) is 0.346. The number of likely N-dealkylation sites (N-methyl/N-ethyl adjacent to an activating group) is 1. The van der Waals surface area contributed by atoms with Crippen molar-refractivity contribution in [1.29, 1.82) is 0 Å². The first-order valence-corrected chi connectivity index (χ1v) is 11.5. The van der Waals surface area contributed by atoms with E-state index in [0.717, 1.165) is 30.5 Å². The predicted molar refractivity (Wildman–Crippen MR) is 132 cm³/mol. The molecule has 3 aromatic rings. The molecule has 1 fully saturated rings. The molecule has 1 aliphatic rings. The van der Waals surface area contributed by atoms with Crippen LogP contribution < -0.4 is 20.5 Å². The van der Waals surface area contributed by atoms with E-state index in [-0.39, 0.29) is 17.4 Å². The number of nitrogens with one attached hydrogen (secondary N) is 1. The van der Waals surface area contributed by atoms with Crippen LogP contribution in [0, 0.1) is 5.92 Å². The Morgan fingerprint density at radius 2 is 1.97 bits per heavy atom. The number of para-hydroxylation sites is 1. The van der Waals surface area contributed by atoms with Crippen molar-refractivity contribution in [3.8, 4) is 11.5 Å². The third-order valence-electron chi connectivity index (χ3n) is 6.06. The normalized spacial score (nSPS) is 12.9. The Labute approximate surface area is 199 Å². The number of hydrogen-bond donors (Lipinski definition) is 2. The number of benzene rings is 2. The van der Waals surface area contributed by atoms with Gasteiger partial charge in [0.2, 0.25) is 5.91 Å². The summed E-state index contributed by atoms with van der Waals surface area (Å²) in [7, 11) is 3.35. The van der Waals surface area contributed by atoms with Gasteiger partial charge >= 0.3 is 0 Å². The van der Waals surface area contributed by atoms with Gasteiger partial charge in [0.05, 0.1) is 30.4 Å². The van der Waals surface area contributed by atoms with Gasteiger partial charge in [-0.2, -0.15) is 0 Å². The fourth-order valence-corrected chi connectivity index (χ4v) is 3.92. The maximum absolute atomic E-state index is 12.2. The van der Waals surface area contributed by atoms with E-state index in [0.29, 0.717) is 41.2 Å². The van der Waals surface area contributed by atoms with Gasteiger partial charge in [-0.3, -0.25) is 14.6 Å². The van der Waals surface area contributed by atoms with Crippen LogP contribution in [0.4, 0.5) is 11.4 Å². The van der Waals surface area contributed by atoms with E-state index >= 15 is 0 Å². The Morgan fingerprint density at radius 3 is 2.65 bits per heavy atom. The fourth-order valence-electron chi connectivity index (χ4n) is 3.92. The van der Waals surface area contributed by atoms with Crippen molar-refractivity contribution in [2.75, 3.05) is 32.6 Å². The lowest BCUT2D eigenvalue weighted by Crippen LogP contribution is -2.31. The molecule has 1 heterocycles. The lowest BCUT2D eigenvalue weighted by atomic mass is 10.1. The number of aryl methyl sites for hydroxylation is 1. The minimum atomic E-state index is -0.579. The number of amides is 2. The standard InChI is InChI=1S/C26H30N4O4/c1-4-16-7-5-6-8-20(16)29-24-18-13-23(34-12-11-30(2)26(32)17-9-10-17)22(33-3)14-21(18)28-15-19(24)25(27)31/h5-8,13-15,17H,4,9-12H2,1-3H3,(H2,27,31)(H,28,29). The highest BCUT2D eigenvalue weighted by Crippen LogP contribution is 2.38. The summed E-state index contributed by atoms with van der Waals surface area (Å²) < 4.78 is 11.5. The number of rotatable bonds is 10. The van der Waals surface area contributed by atoms with Crippen molar-refractivity contribution in [2.45, 2.75) is 26.2 Å². The van der Waals surface area contributed by atoms with Gasteiger partial charge in [0.15, 0.2) is 11.5 Å². The molecule has 8 heteroatoms. The molecule has 0 atom stereocenters. The van der Waals surface area contributed by atoms with Crippen LogP contribution in [0.2, 0.25) is 0 Å². The number of primary amides is 1. The molecule has 2 amide bonds. The highest BCUT2D eigenvalue weighted by Gasteiger charge is 2.31. The van der Waals surface area contributed by atoms with Crippen molar-refractivity contribution < 1.29 is 19.1 Å². The van der Waals surface area contributed by atoms with E-state index < -0.39 is 5.91 Å². The minimum Gasteiger partial charge on any atom is -0.493 e. The van der Waals surface area contributed by atoms with Crippen LogP contribution in [0.5, 0.6) is 11.5 Å². The molecule has 0 spiro atoms. The summed E-state index contributed by atoms with van der Waals surface area (Å²) in [5.74, 6) is 0.758. The second-order valence-corrected chi connectivity index (χ2v) is 8.45. The highest BCUT2D eigenvalue weighted by molar-refractivity contribution is 6.08. The maximum Gasteiger partial charge on any atom is 0.252 e. The van der Waals surface area contributed by atoms with Crippen molar-refractivity contribution >= 4 is 34.1 Å². The Kier molecular flexibility index (Phi) is 6.86. The number of ether oxygens (including phenoxy) is 2. The largest absolute Gasteiger partial charge is 0.493 e. The van der Waals surface area contributed by atoms with Gasteiger partial charge in [-0.15, -0.1) is 0 Å². The smallest absolute Gasteiger partial charge is 0.252 e. The second kappa shape index (κ2) is 9.99. The Balaban J connectivity index is 1.68. The van der Waals surface area contributed by atoms with Crippen LogP contribution in [-0.4, -0.2) is 49.0 Å². The van der Waals surface area contributed by atoms with Crippen molar-refractivity contribution in [3.05, 3.63) is 53.7 Å². The Bertz CT molecular complexity index is 1220. The quantitative estimate of drug-likeness (QED) is 0.473. The molecule has 8 nitrogen and oxygen atoms in total. The summed E-state index contributed by atoms with van der Waals surface area (Å²) in [5, 5.41) is 4.08. The molecule has 1 aromatic heterocycles. The highest BCUT2D eigenvalue weighted by atomic mass is 16.5. The van der Waals surface area contributed by atoms with E-state index in [1.165, 1.54) is 6.20 Å². The third kappa shape index (κ3) is 4.90. The molecule has 0 radical (unpaired) electrons. The summed E-state index contributed by atoms with van der Waals surface area (Å²) >= 11 is 0. The van der Waals surface area contributed by atoms with Crippen LogP contribution in [0.25, 0.3) is 10.9 Å². The van der Waals surface area contributed by atoms with E-state index in [1.807, 2.05) is 24.3 Å². The molecule has 3 N–H and O–H groups in total. The average Bonchev–Trinajstić information content (AvgIpc) is 3.69. The van der Waals surface area contributed by atoms with Crippen LogP contribution in [0.15, 0.2) is 42.6 Å². The molecule has 4 rings (SSSR count). The molecule has 0 bridgehead atoms. The molecule has 34 heavy (non-hydrogen) atoms. The molecule has 1 saturated carbocycles. The van der Waals surface area contributed by atoms with Crippen molar-refractivity contribution in [3.63, 3.8) is 0 Å². The van der Waals surface area contributed by atoms with E-state index in [9.17, 15) is 9.59 Å². The van der Waals surface area contributed by atoms with Crippen LogP contribution in [0.3, 0.4) is 0 Å². The number of carbonyl (C=O) groups is 2. The molecule has 0 saturated heterocycles. The van der Waals surface area contributed by atoms with Gasteiger partial charge in [0, 0.05) is 36.3 Å². The maximum atomic E-state index is 12.2. The Hall–Kier alpha value is -3.81. The van der Waals surface area contributed by atoms with Crippen LogP contribution >= 0.6 is 0 Å². The molecule has 0 unspecified atom stereocenters. The summed E-state index contributed by atoms with van der Waals surface area (Å²) in [6.45, 7) is 2.84. The predicted octanol–water partition coefficient (Wildman–Crippen LogP) is 3.90. The number of nitrogens with zero attached hydrogens (tertiary/aromatic N) is 2. The van der Waals surface area contributed by atoms with Gasteiger partial charge in [0.1, 0.15) is 6.61 Å². The van der Waals surface area contributed by atoms with Crippen LogP contribution in [0.1, 0.15) is 35.7 Å². The zero-order valence-electron chi connectivity index (χ0n) is 19.8. The summed E-state index contributed by atoms with van der Waals surface area (Å²) in [4.78, 5) is 30.6. The molecule has 178 valence electrons. The van der Waals surface area contributed by atoms with Gasteiger partial charge in [-0.1, -0.05) is 25.1 Å². The average molecular weight is 463 g/mol. The molecular weight excluding hydrogens is 432 g/mol. The molecule has 1 aliphatic carbocycles.